The Morgan fingerprint density at radius 1 is 0.422 bits per heavy atom. The third-order valence-electron chi connectivity index (χ3n) is 16.8. The van der Waals surface area contributed by atoms with E-state index in [1.165, 1.54) is 129 Å². The van der Waals surface area contributed by atoms with Gasteiger partial charge in [0, 0.05) is 41.0 Å². The van der Waals surface area contributed by atoms with Crippen LogP contribution in [0.2, 0.25) is 0 Å². The Kier molecular flexibility index (Phi) is 26.3. The van der Waals surface area contributed by atoms with Crippen molar-refractivity contribution in [2.24, 2.45) is 29.6 Å². The quantitative estimate of drug-likeness (QED) is 0.0712. The van der Waals surface area contributed by atoms with Gasteiger partial charge in [-0.3, -0.25) is 19.2 Å². The lowest BCUT2D eigenvalue weighted by Gasteiger charge is -2.35. The summed E-state index contributed by atoms with van der Waals surface area (Å²) in [4.78, 5) is 122. The van der Waals surface area contributed by atoms with Gasteiger partial charge in [0.2, 0.25) is 0 Å². The first-order valence-corrected chi connectivity index (χ1v) is 30.9. The third kappa shape index (κ3) is 20.3. The number of benzene rings is 2. The molecule has 2 saturated carbocycles. The Morgan fingerprint density at radius 3 is 1.05 bits per heavy atom. The number of rotatable bonds is 15. The van der Waals surface area contributed by atoms with Crippen molar-refractivity contribution in [2.75, 3.05) is 28.2 Å². The first-order chi connectivity index (χ1) is 39.2. The minimum absolute atomic E-state index is 0.0688. The number of nitrogens with zero attached hydrogens (tertiary/aromatic N) is 4. The normalized spacial score (nSPS) is 25.5. The summed E-state index contributed by atoms with van der Waals surface area (Å²) >= 11 is 0. The van der Waals surface area contributed by atoms with E-state index in [0.717, 1.165) is 33.8 Å². The van der Waals surface area contributed by atoms with Gasteiger partial charge in [0.1, 0.15) is 24.2 Å². The van der Waals surface area contributed by atoms with Crippen LogP contribution in [-0.4, -0.2) is 144 Å². The number of carbonyl (C=O) groups is 8. The summed E-state index contributed by atoms with van der Waals surface area (Å²) in [6.07, 6.45) is 11.0. The van der Waals surface area contributed by atoms with Crippen LogP contribution < -0.4 is 0 Å². The van der Waals surface area contributed by atoms with E-state index in [2.05, 4.69) is 0 Å². The number of ether oxygens (including phenoxy) is 4. The van der Waals surface area contributed by atoms with Crippen LogP contribution in [0, 0.1) is 29.6 Å². The molecule has 0 bridgehead atoms. The molecule has 0 unspecified atom stereocenters. The third-order valence-corrected chi connectivity index (χ3v) is 16.8. The van der Waals surface area contributed by atoms with Crippen LogP contribution in [0.5, 0.6) is 0 Å². The second kappa shape index (κ2) is 32.3. The molecule has 1 saturated heterocycles. The zero-order valence-electron chi connectivity index (χ0n) is 52.6. The highest BCUT2D eigenvalue weighted by Gasteiger charge is 2.43. The molecule has 0 aromatic heterocycles. The predicted molar refractivity (Wildman–Crippen MR) is 320 cm³/mol. The molecule has 8 atom stereocenters. The van der Waals surface area contributed by atoms with Gasteiger partial charge in [0.15, 0.2) is 24.4 Å². The zero-order chi connectivity index (χ0) is 61.2. The molecule has 5 rings (SSSR count). The van der Waals surface area contributed by atoms with Crippen molar-refractivity contribution >= 4 is 47.5 Å². The highest BCUT2D eigenvalue weighted by atomic mass is 16.6. The van der Waals surface area contributed by atoms with Crippen molar-refractivity contribution < 1.29 is 57.3 Å². The summed E-state index contributed by atoms with van der Waals surface area (Å²) in [6.45, 7) is 17.5. The second-order valence-corrected chi connectivity index (χ2v) is 25.7. The molecule has 16 heteroatoms. The molecule has 2 aliphatic carbocycles. The molecule has 460 valence electrons. The van der Waals surface area contributed by atoms with Crippen LogP contribution in [-0.2, 0) is 83.0 Å². The summed E-state index contributed by atoms with van der Waals surface area (Å²) < 4.78 is 24.4. The Labute approximate surface area is 496 Å². The second-order valence-electron chi connectivity index (χ2n) is 25.7. The van der Waals surface area contributed by atoms with Gasteiger partial charge >= 0.3 is 23.9 Å². The van der Waals surface area contributed by atoms with E-state index in [9.17, 15) is 28.8 Å². The van der Waals surface area contributed by atoms with E-state index in [0.29, 0.717) is 28.5 Å². The summed E-state index contributed by atoms with van der Waals surface area (Å²) in [5.74, 6) is -5.84. The topological polar surface area (TPSA) is 186 Å². The fourth-order valence-electron chi connectivity index (χ4n) is 11.9. The number of carbonyl (C=O) groups excluding carboxylic acids is 8. The Bertz CT molecular complexity index is 2510. The Morgan fingerprint density at radius 2 is 0.711 bits per heavy atom. The van der Waals surface area contributed by atoms with Gasteiger partial charge in [-0.2, -0.15) is 0 Å². The summed E-state index contributed by atoms with van der Waals surface area (Å²) in [5, 5.41) is 0. The monoisotopic (exact) mass is 1150 g/mol. The lowest BCUT2D eigenvalue weighted by molar-refractivity contribution is -0.175. The molecule has 2 aromatic carbocycles. The minimum atomic E-state index is -1.51. The fourth-order valence-corrected chi connectivity index (χ4v) is 11.9. The SMILES string of the molecule is CC(C)=C[C@H]1C(=O)O[C@H](C)C(=O)N(C)[C@@H](CC(C)C)C(=O)O[C@H](Cc2ccc(CC3CCCCC3)cc2)C(=O)N(C)[C@@H](CC(C)C)C(=O)O[C@H](C)C(=O)N(C)[C@@H](CC(C)C)C(=O)O[C@H](Cc2ccc(CC3CCCCCC3)cc2)C(=O)N1C. The first-order valence-electron chi connectivity index (χ1n) is 30.9. The zero-order valence-corrected chi connectivity index (χ0v) is 52.6. The molecule has 3 aliphatic rings. The van der Waals surface area contributed by atoms with E-state index in [1.54, 1.807) is 13.8 Å². The summed E-state index contributed by atoms with van der Waals surface area (Å²) in [6, 6.07) is 10.6. The molecule has 16 nitrogen and oxygen atoms in total. The molecule has 4 amide bonds. The van der Waals surface area contributed by atoms with Crippen molar-refractivity contribution in [3.05, 3.63) is 82.4 Å². The lowest BCUT2D eigenvalue weighted by Crippen LogP contribution is -2.54. The van der Waals surface area contributed by atoms with Crippen LogP contribution in [0.1, 0.15) is 181 Å². The molecule has 0 N–H and O–H groups in total. The van der Waals surface area contributed by atoms with E-state index >= 15 is 9.59 Å². The average molecular weight is 1150 g/mol. The number of hydrogen-bond donors (Lipinski definition) is 0. The standard InChI is InChI=1S/C67H100N4O12/c1-42(2)34-54-64(76)80-47(10)61(73)69(12)57(37-45(7)8)67(79)83-59(41-53-32-28-51(29-33-53)39-49-24-20-17-21-25-49)63(75)71(14)55(35-43(3)4)65(77)81-46(9)60(72)68(11)56(36-44(5)6)66(78)82-58(62(74)70(54)13)40-52-30-26-50(27-31-52)38-48-22-18-15-16-19-23-48/h26-34,43-49,54-59H,15-25,35-41H2,1-14H3/t46-,47-,54+,55+,56+,57+,58-,59-/m1/s1. The molecule has 0 spiro atoms. The largest absolute Gasteiger partial charge is 0.451 e. The van der Waals surface area contributed by atoms with Gasteiger partial charge in [0.25, 0.3) is 23.6 Å². The smallest absolute Gasteiger partial charge is 0.333 e. The summed E-state index contributed by atoms with van der Waals surface area (Å²) in [5.41, 5.74) is 4.35. The average Bonchev–Trinajstić information content (AvgIpc) is 3.75. The predicted octanol–water partition coefficient (Wildman–Crippen LogP) is 10.2. The van der Waals surface area contributed by atoms with Crippen LogP contribution in [0.25, 0.3) is 0 Å². The van der Waals surface area contributed by atoms with E-state index in [-0.39, 0.29) is 49.9 Å². The number of allylic oxidation sites excluding steroid dienone is 1. The summed E-state index contributed by atoms with van der Waals surface area (Å²) in [7, 11) is 5.65. The van der Waals surface area contributed by atoms with Gasteiger partial charge in [-0.05, 0) is 112 Å². The van der Waals surface area contributed by atoms with E-state index < -0.39 is 96.1 Å². The maximum atomic E-state index is 15.1. The van der Waals surface area contributed by atoms with Gasteiger partial charge in [-0.15, -0.1) is 0 Å². The van der Waals surface area contributed by atoms with Crippen molar-refractivity contribution in [1.82, 2.24) is 19.6 Å². The lowest BCUT2D eigenvalue weighted by atomic mass is 9.85. The maximum Gasteiger partial charge on any atom is 0.333 e. The number of esters is 4. The highest BCUT2D eigenvalue weighted by Crippen LogP contribution is 2.30. The van der Waals surface area contributed by atoms with E-state index in [4.69, 9.17) is 18.9 Å². The highest BCUT2D eigenvalue weighted by molar-refractivity contribution is 5.95. The van der Waals surface area contributed by atoms with Crippen LogP contribution in [0.4, 0.5) is 0 Å². The van der Waals surface area contributed by atoms with Gasteiger partial charge < -0.3 is 38.5 Å². The van der Waals surface area contributed by atoms with Crippen molar-refractivity contribution in [3.63, 3.8) is 0 Å². The van der Waals surface area contributed by atoms with Crippen molar-refractivity contribution in [3.8, 4) is 0 Å². The number of amides is 4. The van der Waals surface area contributed by atoms with E-state index in [1.807, 2.05) is 90.1 Å². The minimum Gasteiger partial charge on any atom is -0.451 e. The Hall–Kier alpha value is -6.06. The Balaban J connectivity index is 1.57. The van der Waals surface area contributed by atoms with Crippen LogP contribution in [0.15, 0.2) is 60.2 Å². The van der Waals surface area contributed by atoms with Crippen molar-refractivity contribution in [1.29, 1.82) is 0 Å². The van der Waals surface area contributed by atoms with Crippen LogP contribution in [0.3, 0.4) is 0 Å². The fraction of sp³-hybridized carbons (Fsp3) is 0.672. The molecular formula is C67H100N4O12. The molecular weight excluding hydrogens is 1050 g/mol. The number of likely N-dealkylation sites (N-methyl/N-ethyl adjacent to an activating group) is 4. The molecule has 3 fully saturated rings. The number of hydrogen-bond acceptors (Lipinski definition) is 12. The first kappa shape index (κ1) is 67.7. The molecule has 1 heterocycles. The van der Waals surface area contributed by atoms with Gasteiger partial charge in [-0.25, -0.2) is 19.2 Å². The molecule has 83 heavy (non-hydrogen) atoms. The molecule has 0 radical (unpaired) electrons. The molecule has 1 aliphatic heterocycles. The van der Waals surface area contributed by atoms with Crippen LogP contribution >= 0.6 is 0 Å². The molecule has 2 aromatic rings. The van der Waals surface area contributed by atoms with Gasteiger partial charge in [-0.1, -0.05) is 172 Å². The maximum absolute atomic E-state index is 15.1. The van der Waals surface area contributed by atoms with Gasteiger partial charge in [0.05, 0.1) is 0 Å². The number of cyclic esters (lactones) is 4. The van der Waals surface area contributed by atoms with Crippen molar-refractivity contribution in [2.45, 2.75) is 233 Å².